The van der Waals surface area contributed by atoms with E-state index in [4.69, 9.17) is 16.3 Å². The van der Waals surface area contributed by atoms with Gasteiger partial charge in [0.15, 0.2) is 0 Å². The molecule has 0 aromatic heterocycles. The fraction of sp³-hybridized carbons (Fsp3) is 0.538. The number of hydrogen-bond acceptors (Lipinski definition) is 3. The van der Waals surface area contributed by atoms with E-state index in [1.807, 2.05) is 19.9 Å². The van der Waals surface area contributed by atoms with Crippen LogP contribution in [-0.2, 0) is 0 Å². The molecule has 0 bridgehead atoms. The van der Waals surface area contributed by atoms with Crippen molar-refractivity contribution >= 4 is 17.3 Å². The van der Waals surface area contributed by atoms with Gasteiger partial charge in [-0.05, 0) is 31.9 Å². The average molecular weight is 258 g/mol. The summed E-state index contributed by atoms with van der Waals surface area (Å²) in [5.41, 5.74) is 1.10. The highest BCUT2D eigenvalue weighted by atomic mass is 35.5. The maximum atomic E-state index is 9.94. The number of methoxy groups -OCH3 is 1. The third kappa shape index (κ3) is 3.79. The van der Waals surface area contributed by atoms with Crippen molar-refractivity contribution in [2.45, 2.75) is 32.8 Å². The molecule has 1 unspecified atom stereocenters. The van der Waals surface area contributed by atoms with Crippen LogP contribution in [0.15, 0.2) is 12.1 Å². The number of rotatable bonds is 5. The monoisotopic (exact) mass is 257 g/mol. The standard InChI is InChI=1S/C13H20ClNO2/c1-5-13(3,16)8-15-11-6-9(2)10(14)7-12(11)17-4/h6-7,15-16H,5,8H2,1-4H3. The molecule has 0 saturated carbocycles. The number of anilines is 1. The quantitative estimate of drug-likeness (QED) is 0.851. The second kappa shape index (κ2) is 5.61. The Bertz CT molecular complexity index is 391. The Morgan fingerprint density at radius 3 is 2.65 bits per heavy atom. The zero-order valence-electron chi connectivity index (χ0n) is 10.8. The molecule has 4 heteroatoms. The summed E-state index contributed by atoms with van der Waals surface area (Å²) in [7, 11) is 1.60. The van der Waals surface area contributed by atoms with E-state index in [2.05, 4.69) is 5.32 Å². The van der Waals surface area contributed by atoms with E-state index in [1.54, 1.807) is 20.1 Å². The Balaban J connectivity index is 2.87. The number of nitrogens with one attached hydrogen (secondary N) is 1. The molecule has 0 amide bonds. The van der Waals surface area contributed by atoms with E-state index < -0.39 is 5.60 Å². The maximum Gasteiger partial charge on any atom is 0.143 e. The van der Waals surface area contributed by atoms with Gasteiger partial charge in [0.25, 0.3) is 0 Å². The molecule has 1 atom stereocenters. The maximum absolute atomic E-state index is 9.94. The summed E-state index contributed by atoms with van der Waals surface area (Å²) in [4.78, 5) is 0. The normalized spacial score (nSPS) is 14.2. The van der Waals surface area contributed by atoms with E-state index in [0.29, 0.717) is 23.7 Å². The molecule has 96 valence electrons. The van der Waals surface area contributed by atoms with E-state index in [-0.39, 0.29) is 0 Å². The van der Waals surface area contributed by atoms with Crippen LogP contribution in [-0.4, -0.2) is 24.4 Å². The largest absolute Gasteiger partial charge is 0.495 e. The van der Waals surface area contributed by atoms with Crippen LogP contribution < -0.4 is 10.1 Å². The molecule has 2 N–H and O–H groups in total. The number of aliphatic hydroxyl groups is 1. The Hall–Kier alpha value is -0.930. The van der Waals surface area contributed by atoms with Gasteiger partial charge in [0.05, 0.1) is 18.4 Å². The summed E-state index contributed by atoms with van der Waals surface area (Å²) in [5, 5.41) is 13.8. The molecule has 0 fully saturated rings. The molecule has 1 aromatic rings. The minimum atomic E-state index is -0.724. The Labute approximate surface area is 108 Å². The van der Waals surface area contributed by atoms with Gasteiger partial charge < -0.3 is 15.2 Å². The first kappa shape index (κ1) is 14.1. The van der Waals surface area contributed by atoms with Crippen molar-refractivity contribution in [1.29, 1.82) is 0 Å². The van der Waals surface area contributed by atoms with Crippen LogP contribution >= 0.6 is 11.6 Å². The number of aryl methyl sites for hydroxylation is 1. The summed E-state index contributed by atoms with van der Waals surface area (Å²) in [6, 6.07) is 3.70. The Morgan fingerprint density at radius 2 is 2.12 bits per heavy atom. The molecule has 0 aliphatic heterocycles. The fourth-order valence-corrected chi connectivity index (χ4v) is 1.53. The number of halogens is 1. The SMILES string of the molecule is CCC(C)(O)CNc1cc(C)c(Cl)cc1OC. The van der Waals surface area contributed by atoms with Gasteiger partial charge in [0.2, 0.25) is 0 Å². The summed E-state index contributed by atoms with van der Waals surface area (Å²) in [6.07, 6.45) is 0.689. The van der Waals surface area contributed by atoms with Gasteiger partial charge >= 0.3 is 0 Å². The predicted octanol–water partition coefficient (Wildman–Crippen LogP) is 3.23. The molecule has 0 spiro atoms. The molecule has 0 saturated heterocycles. The summed E-state index contributed by atoms with van der Waals surface area (Å²) >= 11 is 6.02. The summed E-state index contributed by atoms with van der Waals surface area (Å²) in [6.45, 7) is 6.16. The van der Waals surface area contributed by atoms with Crippen LogP contribution in [0.2, 0.25) is 5.02 Å². The van der Waals surface area contributed by atoms with Crippen molar-refractivity contribution in [2.24, 2.45) is 0 Å². The van der Waals surface area contributed by atoms with Gasteiger partial charge in [-0.1, -0.05) is 18.5 Å². The number of hydrogen-bond donors (Lipinski definition) is 2. The fourth-order valence-electron chi connectivity index (χ4n) is 1.38. The van der Waals surface area contributed by atoms with Crippen LogP contribution in [0.4, 0.5) is 5.69 Å². The minimum absolute atomic E-state index is 0.473. The molecule has 3 nitrogen and oxygen atoms in total. The van der Waals surface area contributed by atoms with E-state index >= 15 is 0 Å². The van der Waals surface area contributed by atoms with E-state index in [1.165, 1.54) is 0 Å². The molecule has 1 aromatic carbocycles. The molecule has 0 heterocycles. The Morgan fingerprint density at radius 1 is 1.47 bits per heavy atom. The number of ether oxygens (including phenoxy) is 1. The zero-order valence-corrected chi connectivity index (χ0v) is 11.6. The summed E-state index contributed by atoms with van der Waals surface area (Å²) < 4.78 is 5.25. The van der Waals surface area contributed by atoms with Crippen molar-refractivity contribution < 1.29 is 9.84 Å². The summed E-state index contributed by atoms with van der Waals surface area (Å²) in [5.74, 6) is 0.688. The highest BCUT2D eigenvalue weighted by Crippen LogP contribution is 2.31. The zero-order chi connectivity index (χ0) is 13.1. The number of benzene rings is 1. The highest BCUT2D eigenvalue weighted by Gasteiger charge is 2.18. The predicted molar refractivity (Wildman–Crippen MR) is 72.1 cm³/mol. The minimum Gasteiger partial charge on any atom is -0.495 e. The van der Waals surface area contributed by atoms with Gasteiger partial charge in [-0.3, -0.25) is 0 Å². The van der Waals surface area contributed by atoms with Crippen molar-refractivity contribution in [3.8, 4) is 5.75 Å². The lowest BCUT2D eigenvalue weighted by Gasteiger charge is -2.23. The highest BCUT2D eigenvalue weighted by molar-refractivity contribution is 6.31. The van der Waals surface area contributed by atoms with Crippen molar-refractivity contribution in [3.05, 3.63) is 22.7 Å². The molecule has 0 radical (unpaired) electrons. The second-order valence-corrected chi connectivity index (χ2v) is 4.91. The van der Waals surface area contributed by atoms with E-state index in [9.17, 15) is 5.11 Å². The van der Waals surface area contributed by atoms with Gasteiger partial charge in [-0.2, -0.15) is 0 Å². The lowest BCUT2D eigenvalue weighted by atomic mass is 10.0. The first-order chi connectivity index (χ1) is 7.89. The first-order valence-corrected chi connectivity index (χ1v) is 6.08. The first-order valence-electron chi connectivity index (χ1n) is 5.70. The topological polar surface area (TPSA) is 41.5 Å². The van der Waals surface area contributed by atoms with Crippen LogP contribution in [0.5, 0.6) is 5.75 Å². The van der Waals surface area contributed by atoms with Crippen LogP contribution in [0, 0.1) is 6.92 Å². The smallest absolute Gasteiger partial charge is 0.143 e. The second-order valence-electron chi connectivity index (χ2n) is 4.51. The van der Waals surface area contributed by atoms with Gasteiger partial charge in [0.1, 0.15) is 5.75 Å². The third-order valence-corrected chi connectivity index (χ3v) is 3.31. The molecule has 17 heavy (non-hydrogen) atoms. The molecular weight excluding hydrogens is 238 g/mol. The van der Waals surface area contributed by atoms with Crippen molar-refractivity contribution in [2.75, 3.05) is 19.0 Å². The van der Waals surface area contributed by atoms with Crippen LogP contribution in [0.25, 0.3) is 0 Å². The van der Waals surface area contributed by atoms with Crippen molar-refractivity contribution in [1.82, 2.24) is 0 Å². The van der Waals surface area contributed by atoms with Gasteiger partial charge in [-0.25, -0.2) is 0 Å². The molecular formula is C13H20ClNO2. The Kier molecular flexibility index (Phi) is 4.66. The molecule has 1 rings (SSSR count). The average Bonchev–Trinajstić information content (AvgIpc) is 2.30. The van der Waals surface area contributed by atoms with Gasteiger partial charge in [-0.15, -0.1) is 0 Å². The lowest BCUT2D eigenvalue weighted by Crippen LogP contribution is -2.32. The molecule has 0 aliphatic carbocycles. The van der Waals surface area contributed by atoms with Crippen LogP contribution in [0.3, 0.4) is 0 Å². The molecule has 0 aliphatic rings. The third-order valence-electron chi connectivity index (χ3n) is 2.90. The van der Waals surface area contributed by atoms with Crippen LogP contribution in [0.1, 0.15) is 25.8 Å². The van der Waals surface area contributed by atoms with Crippen molar-refractivity contribution in [3.63, 3.8) is 0 Å². The lowest BCUT2D eigenvalue weighted by molar-refractivity contribution is 0.0697. The van der Waals surface area contributed by atoms with E-state index in [0.717, 1.165) is 11.3 Å². The van der Waals surface area contributed by atoms with Gasteiger partial charge in [0, 0.05) is 17.6 Å².